The van der Waals surface area contributed by atoms with E-state index in [1.165, 1.54) is 0 Å². The third-order valence-electron chi connectivity index (χ3n) is 8.56. The number of phenolic OH excluding ortho intramolecular Hbond substituents is 1. The monoisotopic (exact) mass is 658 g/mol. The van der Waals surface area contributed by atoms with Crippen LogP contribution in [0.3, 0.4) is 0 Å². The standard InChI is InChI=1S/C34H50N4O7S/c1-23(2)31-30(14-17-46(31,43)44)45-33(42)35-27(19-24-10-7-6-8-11-24)29(40)22-38-16-15-37(20-25-12-9-13-26(39)18-25)21-28(38)32(41)36-34(3,4)5/h6-13,18,23,27-31,39-40H,14-17,19-22H2,1-5H3,(H,35,42)(H,36,41)/t27-,28-,29+,30+,31+/m0/s1. The van der Waals surface area contributed by atoms with Gasteiger partial charge in [0.25, 0.3) is 0 Å². The average molecular weight is 659 g/mol. The zero-order valence-corrected chi connectivity index (χ0v) is 28.4. The molecule has 4 rings (SSSR count). The smallest absolute Gasteiger partial charge is 0.407 e. The average Bonchev–Trinajstić information content (AvgIpc) is 3.26. The highest BCUT2D eigenvalue weighted by Gasteiger charge is 2.45. The lowest BCUT2D eigenvalue weighted by molar-refractivity contribution is -0.131. The van der Waals surface area contributed by atoms with Crippen LogP contribution in [0.4, 0.5) is 4.79 Å². The summed E-state index contributed by atoms with van der Waals surface area (Å²) < 4.78 is 30.9. The zero-order chi connectivity index (χ0) is 33.6. The minimum atomic E-state index is -3.36. The number of carbonyl (C=O) groups is 2. The molecule has 2 aromatic carbocycles. The van der Waals surface area contributed by atoms with Crippen LogP contribution in [0.1, 0.15) is 52.2 Å². The molecule has 2 heterocycles. The van der Waals surface area contributed by atoms with E-state index in [9.17, 15) is 28.2 Å². The second-order valence-corrected chi connectivity index (χ2v) is 16.2. The normalized spacial score (nSPS) is 23.5. The topological polar surface area (TPSA) is 149 Å². The molecule has 5 atom stereocenters. The molecule has 2 saturated heterocycles. The highest BCUT2D eigenvalue weighted by molar-refractivity contribution is 7.92. The van der Waals surface area contributed by atoms with Crippen LogP contribution in [0, 0.1) is 5.92 Å². The molecule has 0 spiro atoms. The molecule has 11 nitrogen and oxygen atoms in total. The van der Waals surface area contributed by atoms with Gasteiger partial charge in [0.1, 0.15) is 23.1 Å². The number of nitrogens with one attached hydrogen (secondary N) is 2. The van der Waals surface area contributed by atoms with E-state index in [0.29, 0.717) is 32.6 Å². The number of phenols is 1. The van der Waals surface area contributed by atoms with Crippen LogP contribution >= 0.6 is 0 Å². The van der Waals surface area contributed by atoms with E-state index in [2.05, 4.69) is 15.5 Å². The first-order valence-corrected chi connectivity index (χ1v) is 17.8. The summed E-state index contributed by atoms with van der Waals surface area (Å²) in [7, 11) is -3.36. The Labute approximate surface area is 273 Å². The second kappa shape index (κ2) is 15.1. The number of aliphatic hydroxyl groups excluding tert-OH is 1. The molecule has 0 unspecified atom stereocenters. The Morgan fingerprint density at radius 2 is 1.74 bits per heavy atom. The number of alkyl carbamates (subject to hydrolysis) is 1. The van der Waals surface area contributed by atoms with Gasteiger partial charge in [-0.2, -0.15) is 0 Å². The van der Waals surface area contributed by atoms with E-state index in [1.807, 2.05) is 62.1 Å². The molecule has 0 aromatic heterocycles. The lowest BCUT2D eigenvalue weighted by atomic mass is 9.99. The maximum absolute atomic E-state index is 13.6. The molecule has 2 aromatic rings. The Balaban J connectivity index is 1.50. The van der Waals surface area contributed by atoms with Crippen molar-refractivity contribution in [2.45, 2.75) is 89.1 Å². The number of hydrogen-bond donors (Lipinski definition) is 4. The molecule has 2 amide bonds. The Morgan fingerprint density at radius 1 is 1.04 bits per heavy atom. The largest absolute Gasteiger partial charge is 0.508 e. The van der Waals surface area contributed by atoms with Crippen LogP contribution in [0.25, 0.3) is 0 Å². The van der Waals surface area contributed by atoms with E-state index in [0.717, 1.165) is 11.1 Å². The van der Waals surface area contributed by atoms with Crippen LogP contribution in [0.5, 0.6) is 5.75 Å². The molecular formula is C34H50N4O7S. The second-order valence-electron chi connectivity index (χ2n) is 14.0. The van der Waals surface area contributed by atoms with Gasteiger partial charge in [-0.3, -0.25) is 14.6 Å². The van der Waals surface area contributed by atoms with E-state index < -0.39 is 51.0 Å². The van der Waals surface area contributed by atoms with Crippen LogP contribution < -0.4 is 10.6 Å². The molecule has 254 valence electrons. The highest BCUT2D eigenvalue weighted by atomic mass is 32.2. The van der Waals surface area contributed by atoms with E-state index >= 15 is 0 Å². The van der Waals surface area contributed by atoms with Gasteiger partial charge in [-0.15, -0.1) is 0 Å². The van der Waals surface area contributed by atoms with Crippen molar-refractivity contribution in [2.24, 2.45) is 5.92 Å². The maximum atomic E-state index is 13.6. The predicted octanol–water partition coefficient (Wildman–Crippen LogP) is 2.70. The van der Waals surface area contributed by atoms with Crippen molar-refractivity contribution in [1.82, 2.24) is 20.4 Å². The van der Waals surface area contributed by atoms with Crippen molar-refractivity contribution in [2.75, 3.05) is 31.9 Å². The van der Waals surface area contributed by atoms with Gasteiger partial charge in [0.2, 0.25) is 5.91 Å². The van der Waals surface area contributed by atoms with Crippen molar-refractivity contribution in [1.29, 1.82) is 0 Å². The molecule has 12 heteroatoms. The number of aromatic hydroxyl groups is 1. The number of β-amino-alcohol motifs (C(OH)–C–C–N with tert-alkyl or cyclic N) is 1. The summed E-state index contributed by atoms with van der Waals surface area (Å²) in [6.07, 6.45) is -2.05. The van der Waals surface area contributed by atoms with Crippen LogP contribution in [-0.4, -0.2) is 107 Å². The van der Waals surface area contributed by atoms with E-state index in [1.54, 1.807) is 32.0 Å². The minimum absolute atomic E-state index is 0.0285. The molecule has 2 aliphatic heterocycles. The summed E-state index contributed by atoms with van der Waals surface area (Å²) in [6.45, 7) is 11.6. The van der Waals surface area contributed by atoms with Crippen molar-refractivity contribution >= 4 is 21.8 Å². The number of rotatable bonds is 11. The third kappa shape index (κ3) is 9.90. The fourth-order valence-corrected chi connectivity index (χ4v) is 8.79. The number of ether oxygens (including phenoxy) is 1. The van der Waals surface area contributed by atoms with Crippen LogP contribution in [0.2, 0.25) is 0 Å². The van der Waals surface area contributed by atoms with E-state index in [-0.39, 0.29) is 36.3 Å². The van der Waals surface area contributed by atoms with E-state index in [4.69, 9.17) is 4.74 Å². The number of aliphatic hydroxyl groups is 1. The fraction of sp³-hybridized carbons (Fsp3) is 0.588. The van der Waals surface area contributed by atoms with Crippen molar-refractivity contribution < 1.29 is 33.0 Å². The maximum Gasteiger partial charge on any atom is 0.407 e. The van der Waals surface area contributed by atoms with Gasteiger partial charge in [0.15, 0.2) is 9.84 Å². The van der Waals surface area contributed by atoms with Gasteiger partial charge in [0, 0.05) is 38.3 Å². The fourth-order valence-electron chi connectivity index (χ4n) is 6.48. The summed E-state index contributed by atoms with van der Waals surface area (Å²) in [5.41, 5.74) is 1.37. The Morgan fingerprint density at radius 3 is 2.39 bits per heavy atom. The highest BCUT2D eigenvalue weighted by Crippen LogP contribution is 2.29. The molecular weight excluding hydrogens is 608 g/mol. The molecule has 2 fully saturated rings. The van der Waals surface area contributed by atoms with Crippen LogP contribution in [-0.2, 0) is 32.3 Å². The molecule has 46 heavy (non-hydrogen) atoms. The van der Waals surface area contributed by atoms with Gasteiger partial charge < -0.3 is 25.6 Å². The summed E-state index contributed by atoms with van der Waals surface area (Å²) in [5, 5.41) is 26.7. The summed E-state index contributed by atoms with van der Waals surface area (Å²) in [6, 6.07) is 15.2. The summed E-state index contributed by atoms with van der Waals surface area (Å²) in [4.78, 5) is 30.9. The summed E-state index contributed by atoms with van der Waals surface area (Å²) in [5.74, 6) is -0.210. The van der Waals surface area contributed by atoms with Gasteiger partial charge in [-0.05, 0) is 62.8 Å². The quantitative estimate of drug-likeness (QED) is 0.286. The summed E-state index contributed by atoms with van der Waals surface area (Å²) >= 11 is 0. The predicted molar refractivity (Wildman–Crippen MR) is 177 cm³/mol. The number of piperazine rings is 1. The van der Waals surface area contributed by atoms with Crippen molar-refractivity contribution in [3.05, 3.63) is 65.7 Å². The molecule has 0 bridgehead atoms. The molecule has 0 saturated carbocycles. The first-order chi connectivity index (χ1) is 21.6. The molecule has 2 aliphatic rings. The lowest BCUT2D eigenvalue weighted by Gasteiger charge is -2.43. The van der Waals surface area contributed by atoms with Crippen molar-refractivity contribution in [3.8, 4) is 5.75 Å². The van der Waals surface area contributed by atoms with Gasteiger partial charge in [-0.25, -0.2) is 13.2 Å². The number of amides is 2. The molecule has 0 radical (unpaired) electrons. The Kier molecular flexibility index (Phi) is 11.7. The number of hydrogen-bond acceptors (Lipinski definition) is 9. The Hall–Kier alpha value is -3.19. The minimum Gasteiger partial charge on any atom is -0.508 e. The lowest BCUT2D eigenvalue weighted by Crippen LogP contribution is -2.63. The van der Waals surface area contributed by atoms with Gasteiger partial charge >= 0.3 is 6.09 Å². The van der Waals surface area contributed by atoms with Crippen LogP contribution in [0.15, 0.2) is 54.6 Å². The number of nitrogens with zero attached hydrogens (tertiary/aromatic N) is 2. The van der Waals surface area contributed by atoms with Gasteiger partial charge in [0.05, 0.1) is 17.9 Å². The molecule has 4 N–H and O–H groups in total. The van der Waals surface area contributed by atoms with Crippen molar-refractivity contribution in [3.63, 3.8) is 0 Å². The number of benzene rings is 2. The first kappa shape index (κ1) is 35.7. The number of carbonyl (C=O) groups excluding carboxylic acids is 2. The third-order valence-corrected chi connectivity index (χ3v) is 11.0. The SMILES string of the molecule is CC(C)[C@@H]1[C@H](OC(=O)N[C@@H](Cc2ccccc2)[C@H](O)CN2CCN(Cc3cccc(O)c3)C[C@H]2C(=O)NC(C)(C)C)CCS1(=O)=O. The number of sulfone groups is 1. The zero-order valence-electron chi connectivity index (χ0n) is 27.6. The molecule has 0 aliphatic carbocycles. The Bertz CT molecular complexity index is 1430. The van der Waals surface area contributed by atoms with Gasteiger partial charge in [-0.1, -0.05) is 56.3 Å². The first-order valence-electron chi connectivity index (χ1n) is 16.1.